The van der Waals surface area contributed by atoms with Crippen molar-refractivity contribution in [2.75, 3.05) is 13.7 Å². The molecule has 1 aliphatic rings. The molecular weight excluding hydrogens is 290 g/mol. The van der Waals surface area contributed by atoms with Crippen molar-refractivity contribution in [2.24, 2.45) is 0 Å². The fraction of sp³-hybridized carbons (Fsp3) is 0.438. The molecule has 2 atom stereocenters. The Morgan fingerprint density at radius 3 is 2.76 bits per heavy atom. The average Bonchev–Trinajstić information content (AvgIpc) is 2.86. The predicted molar refractivity (Wildman–Crippen MR) is 82.1 cm³/mol. The molecule has 0 radical (unpaired) electrons. The van der Waals surface area contributed by atoms with E-state index in [0.717, 1.165) is 10.6 Å². The third-order valence-corrected chi connectivity index (χ3v) is 3.91. The normalized spacial score (nSPS) is 19.3. The summed E-state index contributed by atoms with van der Waals surface area (Å²) in [5.74, 6) is 0.355. The number of nitrogens with one attached hydrogen (secondary N) is 1. The van der Waals surface area contributed by atoms with Gasteiger partial charge < -0.3 is 14.8 Å². The molecule has 1 aromatic rings. The Bertz CT molecular complexity index is 539. The Kier molecular flexibility index (Phi) is 5.26. The van der Waals surface area contributed by atoms with Crippen LogP contribution in [0, 0.1) is 0 Å². The lowest BCUT2D eigenvalue weighted by Crippen LogP contribution is -2.29. The fourth-order valence-electron chi connectivity index (χ4n) is 2.38. The quantitative estimate of drug-likeness (QED) is 0.848. The zero-order chi connectivity index (χ0) is 15.4. The van der Waals surface area contributed by atoms with Gasteiger partial charge in [-0.15, -0.1) is 0 Å². The van der Waals surface area contributed by atoms with Gasteiger partial charge in [-0.25, -0.2) is 4.79 Å². The SMILES string of the molecule is COC(=O)C1=C(C)O[C@@H](CN[C@H](C)c2ccc(Cl)cc2)C1. The van der Waals surface area contributed by atoms with E-state index in [1.54, 1.807) is 6.92 Å². The molecule has 0 saturated carbocycles. The van der Waals surface area contributed by atoms with Crippen LogP contribution in [0.2, 0.25) is 5.02 Å². The molecule has 4 nitrogen and oxygen atoms in total. The second kappa shape index (κ2) is 6.96. The molecule has 0 aromatic heterocycles. The van der Waals surface area contributed by atoms with Crippen molar-refractivity contribution in [1.29, 1.82) is 0 Å². The lowest BCUT2D eigenvalue weighted by Gasteiger charge is -2.18. The zero-order valence-corrected chi connectivity index (χ0v) is 13.2. The number of allylic oxidation sites excluding steroid dienone is 1. The van der Waals surface area contributed by atoms with Gasteiger partial charge in [-0.05, 0) is 31.5 Å². The van der Waals surface area contributed by atoms with E-state index in [2.05, 4.69) is 12.2 Å². The third-order valence-electron chi connectivity index (χ3n) is 3.65. The van der Waals surface area contributed by atoms with E-state index in [9.17, 15) is 4.79 Å². The van der Waals surface area contributed by atoms with Gasteiger partial charge >= 0.3 is 5.97 Å². The zero-order valence-electron chi connectivity index (χ0n) is 12.5. The van der Waals surface area contributed by atoms with Crippen LogP contribution in [-0.4, -0.2) is 25.7 Å². The van der Waals surface area contributed by atoms with Crippen molar-refractivity contribution in [3.05, 3.63) is 46.2 Å². The summed E-state index contributed by atoms with van der Waals surface area (Å²) in [5, 5.41) is 4.14. The molecular formula is C16H20ClNO3. The number of benzene rings is 1. The Balaban J connectivity index is 1.85. The summed E-state index contributed by atoms with van der Waals surface area (Å²) in [5.41, 5.74) is 1.79. The molecule has 1 aromatic carbocycles. The minimum absolute atomic E-state index is 0.0335. The molecule has 21 heavy (non-hydrogen) atoms. The van der Waals surface area contributed by atoms with Crippen LogP contribution in [0.4, 0.5) is 0 Å². The van der Waals surface area contributed by atoms with Crippen LogP contribution in [0.3, 0.4) is 0 Å². The van der Waals surface area contributed by atoms with E-state index in [0.29, 0.717) is 24.3 Å². The molecule has 114 valence electrons. The van der Waals surface area contributed by atoms with Crippen molar-refractivity contribution >= 4 is 17.6 Å². The van der Waals surface area contributed by atoms with E-state index in [-0.39, 0.29) is 18.1 Å². The predicted octanol–water partition coefficient (Wildman–Crippen LogP) is 3.23. The summed E-state index contributed by atoms with van der Waals surface area (Å²) < 4.78 is 10.4. The van der Waals surface area contributed by atoms with Gasteiger partial charge in [-0.3, -0.25) is 0 Å². The van der Waals surface area contributed by atoms with Gasteiger partial charge in [0.25, 0.3) is 0 Å². The second-order valence-corrected chi connectivity index (χ2v) is 5.59. The van der Waals surface area contributed by atoms with Crippen molar-refractivity contribution in [3.63, 3.8) is 0 Å². The first-order valence-electron chi connectivity index (χ1n) is 6.94. The van der Waals surface area contributed by atoms with E-state index in [1.807, 2.05) is 24.3 Å². The smallest absolute Gasteiger partial charge is 0.337 e. The lowest BCUT2D eigenvalue weighted by molar-refractivity contribution is -0.136. The van der Waals surface area contributed by atoms with Gasteiger partial charge in [0, 0.05) is 24.0 Å². The van der Waals surface area contributed by atoms with Crippen molar-refractivity contribution in [2.45, 2.75) is 32.4 Å². The molecule has 2 rings (SSSR count). The van der Waals surface area contributed by atoms with Gasteiger partial charge in [0.1, 0.15) is 11.9 Å². The molecule has 0 bridgehead atoms. The molecule has 0 aliphatic carbocycles. The monoisotopic (exact) mass is 309 g/mol. The van der Waals surface area contributed by atoms with Gasteiger partial charge in [0.05, 0.1) is 12.7 Å². The topological polar surface area (TPSA) is 47.6 Å². The highest BCUT2D eigenvalue weighted by atomic mass is 35.5. The summed E-state index contributed by atoms with van der Waals surface area (Å²) in [6, 6.07) is 7.94. The third kappa shape index (κ3) is 3.99. The summed E-state index contributed by atoms with van der Waals surface area (Å²) in [4.78, 5) is 11.6. The van der Waals surface area contributed by atoms with Gasteiger partial charge in [-0.2, -0.15) is 0 Å². The molecule has 0 unspecified atom stereocenters. The van der Waals surface area contributed by atoms with Gasteiger partial charge in [0.15, 0.2) is 0 Å². The Labute approximate surface area is 130 Å². The molecule has 0 fully saturated rings. The van der Waals surface area contributed by atoms with E-state index < -0.39 is 0 Å². The molecule has 1 heterocycles. The minimum Gasteiger partial charge on any atom is -0.493 e. The average molecular weight is 310 g/mol. The number of ether oxygens (including phenoxy) is 2. The molecule has 1 N–H and O–H groups in total. The molecule has 0 amide bonds. The first-order chi connectivity index (χ1) is 10.0. The number of hydrogen-bond acceptors (Lipinski definition) is 4. The van der Waals surface area contributed by atoms with Crippen LogP contribution in [0.25, 0.3) is 0 Å². The summed E-state index contributed by atoms with van der Waals surface area (Å²) in [6.07, 6.45) is 0.549. The molecule has 5 heteroatoms. The maximum absolute atomic E-state index is 11.6. The standard InChI is InChI=1S/C16H20ClNO3/c1-10(12-4-6-13(17)7-5-12)18-9-14-8-15(11(2)21-14)16(19)20-3/h4-7,10,14,18H,8-9H2,1-3H3/t10-,14-/m1/s1. The highest BCUT2D eigenvalue weighted by Gasteiger charge is 2.28. The number of carbonyl (C=O) groups excluding carboxylic acids is 1. The highest BCUT2D eigenvalue weighted by molar-refractivity contribution is 6.30. The first-order valence-corrected chi connectivity index (χ1v) is 7.32. The van der Waals surface area contributed by atoms with Crippen molar-refractivity contribution < 1.29 is 14.3 Å². The van der Waals surface area contributed by atoms with E-state index >= 15 is 0 Å². The largest absolute Gasteiger partial charge is 0.493 e. The second-order valence-electron chi connectivity index (χ2n) is 5.15. The van der Waals surface area contributed by atoms with Gasteiger partial charge in [-0.1, -0.05) is 23.7 Å². The number of methoxy groups -OCH3 is 1. The first kappa shape index (κ1) is 15.9. The Morgan fingerprint density at radius 2 is 2.14 bits per heavy atom. The van der Waals surface area contributed by atoms with Crippen molar-refractivity contribution in [1.82, 2.24) is 5.32 Å². The molecule has 0 spiro atoms. The van der Waals surface area contributed by atoms with Crippen LogP contribution in [0.15, 0.2) is 35.6 Å². The van der Waals surface area contributed by atoms with Crippen LogP contribution < -0.4 is 5.32 Å². The molecule has 0 saturated heterocycles. The fourth-order valence-corrected chi connectivity index (χ4v) is 2.50. The maximum Gasteiger partial charge on any atom is 0.337 e. The minimum atomic E-state index is -0.305. The van der Waals surface area contributed by atoms with Crippen LogP contribution in [0.5, 0.6) is 0 Å². The van der Waals surface area contributed by atoms with Crippen LogP contribution in [-0.2, 0) is 14.3 Å². The number of hydrogen-bond donors (Lipinski definition) is 1. The van der Waals surface area contributed by atoms with E-state index in [4.69, 9.17) is 21.1 Å². The van der Waals surface area contributed by atoms with Crippen LogP contribution in [0.1, 0.15) is 31.9 Å². The van der Waals surface area contributed by atoms with Gasteiger partial charge in [0.2, 0.25) is 0 Å². The number of halogens is 1. The number of rotatable bonds is 5. The van der Waals surface area contributed by atoms with Crippen molar-refractivity contribution in [3.8, 4) is 0 Å². The molecule has 1 aliphatic heterocycles. The summed E-state index contributed by atoms with van der Waals surface area (Å²) in [7, 11) is 1.39. The Morgan fingerprint density at radius 1 is 1.48 bits per heavy atom. The van der Waals surface area contributed by atoms with E-state index in [1.165, 1.54) is 7.11 Å². The number of carbonyl (C=O) groups is 1. The maximum atomic E-state index is 11.6. The highest BCUT2D eigenvalue weighted by Crippen LogP contribution is 2.26. The van der Waals surface area contributed by atoms with Crippen LogP contribution >= 0.6 is 11.6 Å². The summed E-state index contributed by atoms with van der Waals surface area (Å²) in [6.45, 7) is 4.55. The summed E-state index contributed by atoms with van der Waals surface area (Å²) >= 11 is 5.88. The Hall–Kier alpha value is -1.52. The number of esters is 1. The lowest BCUT2D eigenvalue weighted by atomic mass is 10.1.